The number of rotatable bonds is 6. The topological polar surface area (TPSA) is 60.2 Å². The molecule has 0 saturated heterocycles. The van der Waals surface area contributed by atoms with Gasteiger partial charge in [-0.1, -0.05) is 6.08 Å². The highest BCUT2D eigenvalue weighted by molar-refractivity contribution is 7.15. The Morgan fingerprint density at radius 3 is 1.68 bits per heavy atom. The van der Waals surface area contributed by atoms with Gasteiger partial charge in [0.25, 0.3) is 5.69 Å². The summed E-state index contributed by atoms with van der Waals surface area (Å²) in [6.07, 6.45) is 8.79. The molecule has 0 bridgehead atoms. The van der Waals surface area contributed by atoms with Crippen molar-refractivity contribution < 1.29 is 9.72 Å². The minimum Gasteiger partial charge on any atom is -0.297 e. The van der Waals surface area contributed by atoms with E-state index >= 15 is 0 Å². The number of nitro benzene ring substituents is 1. The minimum atomic E-state index is -0.406. The van der Waals surface area contributed by atoms with E-state index in [9.17, 15) is 14.9 Å². The Bertz CT molecular complexity index is 949. The van der Waals surface area contributed by atoms with Crippen LogP contribution in [-0.2, 0) is 0 Å². The number of benzene rings is 1. The summed E-state index contributed by atoms with van der Waals surface area (Å²) in [5.41, 5.74) is 1.00. The van der Waals surface area contributed by atoms with Gasteiger partial charge in [0.05, 0.1) is 9.80 Å². The third-order valence-corrected chi connectivity index (χ3v) is 5.36. The van der Waals surface area contributed by atoms with Crippen LogP contribution in [0.2, 0.25) is 0 Å². The molecule has 0 fully saturated rings. The fourth-order valence-electron chi connectivity index (χ4n) is 2.12. The van der Waals surface area contributed by atoms with Crippen molar-refractivity contribution in [2.45, 2.75) is 0 Å². The molecule has 2 heterocycles. The Balaban J connectivity index is 1.66. The number of nitro groups is 1. The molecule has 0 unspecified atom stereocenters. The summed E-state index contributed by atoms with van der Waals surface area (Å²) in [7, 11) is 0. The van der Waals surface area contributed by atoms with Gasteiger partial charge in [-0.2, -0.15) is 0 Å². The van der Waals surface area contributed by atoms with E-state index in [0.717, 1.165) is 31.4 Å². The van der Waals surface area contributed by atoms with Gasteiger partial charge < -0.3 is 0 Å². The lowest BCUT2D eigenvalue weighted by Crippen LogP contribution is -1.86. The predicted molar refractivity (Wildman–Crippen MR) is 105 cm³/mol. The molecule has 6 heteroatoms. The van der Waals surface area contributed by atoms with Crippen molar-refractivity contribution in [1.29, 1.82) is 0 Å². The van der Waals surface area contributed by atoms with E-state index in [0.29, 0.717) is 0 Å². The number of carbonyl (C=O) groups is 1. The van der Waals surface area contributed by atoms with E-state index < -0.39 is 4.92 Å². The molecule has 0 aliphatic rings. The van der Waals surface area contributed by atoms with E-state index in [4.69, 9.17) is 0 Å². The van der Waals surface area contributed by atoms with Gasteiger partial charge in [-0.25, -0.2) is 0 Å². The second-order valence-electron chi connectivity index (χ2n) is 5.11. The van der Waals surface area contributed by atoms with E-state index in [1.165, 1.54) is 23.5 Å². The highest BCUT2D eigenvalue weighted by atomic mass is 32.1. The molecule has 0 aliphatic carbocycles. The SMILES string of the molecule is O=Cc1ccc(/C=C/c2ccc(/C=C/c3ccc([N+](=O)[O-])cc3)s2)s1. The van der Waals surface area contributed by atoms with Gasteiger partial charge in [-0.05, 0) is 60.2 Å². The maximum absolute atomic E-state index is 10.7. The van der Waals surface area contributed by atoms with Crippen LogP contribution in [0.1, 0.15) is 29.9 Å². The third kappa shape index (κ3) is 4.59. The highest BCUT2D eigenvalue weighted by Gasteiger charge is 2.02. The number of thiophene rings is 2. The summed E-state index contributed by atoms with van der Waals surface area (Å²) in [5, 5.41) is 10.6. The van der Waals surface area contributed by atoms with E-state index in [1.54, 1.807) is 23.5 Å². The Morgan fingerprint density at radius 1 is 0.720 bits per heavy atom. The molecule has 0 atom stereocenters. The molecule has 124 valence electrons. The first-order valence-electron chi connectivity index (χ1n) is 7.39. The van der Waals surface area contributed by atoms with Gasteiger partial charge in [0.15, 0.2) is 6.29 Å². The number of carbonyl (C=O) groups excluding carboxylic acids is 1. The molecule has 0 aliphatic heterocycles. The van der Waals surface area contributed by atoms with Crippen LogP contribution in [-0.4, -0.2) is 11.2 Å². The summed E-state index contributed by atoms with van der Waals surface area (Å²) in [6, 6.07) is 14.2. The van der Waals surface area contributed by atoms with Gasteiger partial charge in [0.1, 0.15) is 0 Å². The quantitative estimate of drug-likeness (QED) is 0.311. The molecule has 0 saturated carbocycles. The lowest BCUT2D eigenvalue weighted by molar-refractivity contribution is -0.384. The van der Waals surface area contributed by atoms with Gasteiger partial charge in [0.2, 0.25) is 0 Å². The summed E-state index contributed by atoms with van der Waals surface area (Å²) in [4.78, 5) is 24.9. The number of nitrogens with zero attached hydrogens (tertiary/aromatic N) is 1. The highest BCUT2D eigenvalue weighted by Crippen LogP contribution is 2.23. The summed E-state index contributed by atoms with van der Waals surface area (Å²) in [5.74, 6) is 0. The first kappa shape index (κ1) is 17.0. The lowest BCUT2D eigenvalue weighted by atomic mass is 10.2. The van der Waals surface area contributed by atoms with Gasteiger partial charge >= 0.3 is 0 Å². The van der Waals surface area contributed by atoms with Gasteiger partial charge in [-0.3, -0.25) is 14.9 Å². The average molecular weight is 367 g/mol. The second-order valence-corrected chi connectivity index (χ2v) is 7.41. The molecule has 0 amide bonds. The summed E-state index contributed by atoms with van der Waals surface area (Å²) < 4.78 is 0. The van der Waals surface area contributed by atoms with Crippen LogP contribution in [0.15, 0.2) is 48.5 Å². The molecule has 4 nitrogen and oxygen atoms in total. The normalized spacial score (nSPS) is 11.4. The van der Waals surface area contributed by atoms with Crippen LogP contribution in [0.4, 0.5) is 5.69 Å². The third-order valence-electron chi connectivity index (χ3n) is 3.37. The molecule has 2 aromatic heterocycles. The van der Waals surface area contributed by atoms with Crippen molar-refractivity contribution in [2.24, 2.45) is 0 Å². The van der Waals surface area contributed by atoms with Crippen molar-refractivity contribution in [1.82, 2.24) is 0 Å². The molecule has 25 heavy (non-hydrogen) atoms. The Kier molecular flexibility index (Phi) is 5.33. The Hall–Kier alpha value is -2.83. The zero-order valence-corrected chi connectivity index (χ0v) is 14.6. The van der Waals surface area contributed by atoms with Crippen molar-refractivity contribution in [3.8, 4) is 0 Å². The van der Waals surface area contributed by atoms with Crippen LogP contribution in [0.5, 0.6) is 0 Å². The minimum absolute atomic E-state index is 0.0898. The standard InChI is InChI=1S/C19H13NO3S2/c21-13-19-12-11-18(25-19)10-9-17-8-7-16(24-17)6-3-14-1-4-15(5-2-14)20(22)23/h1-13H/b6-3+,10-9+. The summed E-state index contributed by atoms with van der Waals surface area (Å²) >= 11 is 3.10. The zero-order chi connectivity index (χ0) is 17.6. The number of hydrogen-bond donors (Lipinski definition) is 0. The molecular formula is C19H13NO3S2. The molecular weight excluding hydrogens is 354 g/mol. The van der Waals surface area contributed by atoms with Crippen molar-refractivity contribution in [2.75, 3.05) is 0 Å². The molecule has 3 rings (SSSR count). The van der Waals surface area contributed by atoms with Gasteiger partial charge in [-0.15, -0.1) is 22.7 Å². The fraction of sp³-hybridized carbons (Fsp3) is 0. The zero-order valence-electron chi connectivity index (χ0n) is 13.0. The monoisotopic (exact) mass is 367 g/mol. The van der Waals surface area contributed by atoms with E-state index in [-0.39, 0.29) is 5.69 Å². The van der Waals surface area contributed by atoms with Gasteiger partial charge in [0, 0.05) is 26.8 Å². The second kappa shape index (κ2) is 7.83. The van der Waals surface area contributed by atoms with Crippen molar-refractivity contribution in [3.63, 3.8) is 0 Å². The molecule has 0 radical (unpaired) electrons. The largest absolute Gasteiger partial charge is 0.297 e. The van der Waals surface area contributed by atoms with E-state index in [1.807, 2.05) is 48.6 Å². The average Bonchev–Trinajstić information content (AvgIpc) is 3.27. The first-order valence-corrected chi connectivity index (χ1v) is 9.03. The van der Waals surface area contributed by atoms with Crippen LogP contribution in [0, 0.1) is 10.1 Å². The van der Waals surface area contributed by atoms with Crippen LogP contribution >= 0.6 is 22.7 Å². The van der Waals surface area contributed by atoms with E-state index in [2.05, 4.69) is 0 Å². The predicted octanol–water partition coefficient (Wildman–Crippen LogP) is 5.87. The maximum Gasteiger partial charge on any atom is 0.269 e. The lowest BCUT2D eigenvalue weighted by Gasteiger charge is -1.93. The van der Waals surface area contributed by atoms with Crippen LogP contribution in [0.3, 0.4) is 0 Å². The molecule has 1 aromatic carbocycles. The van der Waals surface area contributed by atoms with Crippen molar-refractivity contribution >= 4 is 59.0 Å². The molecule has 0 N–H and O–H groups in total. The molecule has 3 aromatic rings. The Morgan fingerprint density at radius 2 is 1.20 bits per heavy atom. The fourth-order valence-corrected chi connectivity index (χ4v) is 3.66. The number of non-ortho nitro benzene ring substituents is 1. The maximum atomic E-state index is 10.7. The van der Waals surface area contributed by atoms with Crippen LogP contribution < -0.4 is 0 Å². The smallest absolute Gasteiger partial charge is 0.269 e. The number of hydrogen-bond acceptors (Lipinski definition) is 5. The molecule has 0 spiro atoms. The van der Waals surface area contributed by atoms with Crippen molar-refractivity contribution in [3.05, 3.63) is 83.7 Å². The first-order chi connectivity index (χ1) is 12.1. The number of aldehydes is 1. The summed E-state index contributed by atoms with van der Waals surface area (Å²) in [6.45, 7) is 0. The van der Waals surface area contributed by atoms with Crippen LogP contribution in [0.25, 0.3) is 24.3 Å². The Labute approximate surface area is 152 Å².